The van der Waals surface area contributed by atoms with E-state index in [2.05, 4.69) is 5.32 Å². The highest BCUT2D eigenvalue weighted by atomic mass is 35.5. The first kappa shape index (κ1) is 15.3. The monoisotopic (exact) mass is 294 g/mol. The van der Waals surface area contributed by atoms with Gasteiger partial charge in [0.1, 0.15) is 0 Å². The smallest absolute Gasteiger partial charge is 0.237 e. The van der Waals surface area contributed by atoms with Crippen LogP contribution in [0.4, 0.5) is 0 Å². The maximum Gasteiger partial charge on any atom is 0.237 e. The Morgan fingerprint density at radius 1 is 1.40 bits per heavy atom. The lowest BCUT2D eigenvalue weighted by atomic mass is 9.77. The molecule has 1 aromatic rings. The molecule has 0 spiro atoms. The van der Waals surface area contributed by atoms with Crippen molar-refractivity contribution in [1.29, 1.82) is 0 Å². The van der Waals surface area contributed by atoms with Gasteiger partial charge in [0.25, 0.3) is 0 Å². The molecular weight excluding hydrogens is 272 g/mol. The van der Waals surface area contributed by atoms with Crippen LogP contribution in [0.2, 0.25) is 5.02 Å². The third-order valence-corrected chi connectivity index (χ3v) is 4.34. The van der Waals surface area contributed by atoms with Crippen LogP contribution in [0, 0.1) is 5.92 Å². The van der Waals surface area contributed by atoms with Gasteiger partial charge in [-0.05, 0) is 42.9 Å². The van der Waals surface area contributed by atoms with E-state index in [0.29, 0.717) is 5.92 Å². The average molecular weight is 295 g/mol. The number of carbonyl (C=O) groups excluding carboxylic acids is 1. The van der Waals surface area contributed by atoms with Gasteiger partial charge in [0.2, 0.25) is 5.91 Å². The summed E-state index contributed by atoms with van der Waals surface area (Å²) >= 11 is 5.93. The van der Waals surface area contributed by atoms with Crippen molar-refractivity contribution in [1.82, 2.24) is 5.32 Å². The number of hydrogen-bond acceptors (Lipinski definition) is 2. The predicted octanol–water partition coefficient (Wildman–Crippen LogP) is 3.42. The minimum atomic E-state index is -0.408. The van der Waals surface area contributed by atoms with Crippen molar-refractivity contribution < 1.29 is 4.79 Å². The van der Waals surface area contributed by atoms with E-state index in [1.54, 1.807) is 0 Å². The molecule has 0 saturated heterocycles. The van der Waals surface area contributed by atoms with Crippen molar-refractivity contribution in [2.75, 3.05) is 0 Å². The van der Waals surface area contributed by atoms with Crippen molar-refractivity contribution in [3.8, 4) is 0 Å². The molecule has 4 heteroatoms. The molecule has 110 valence electrons. The minimum Gasteiger partial charge on any atom is -0.348 e. The van der Waals surface area contributed by atoms with E-state index in [9.17, 15) is 4.79 Å². The Kier molecular flexibility index (Phi) is 5.44. The Morgan fingerprint density at radius 3 is 2.55 bits per heavy atom. The first-order valence-electron chi connectivity index (χ1n) is 7.43. The second kappa shape index (κ2) is 7.09. The van der Waals surface area contributed by atoms with Crippen molar-refractivity contribution in [2.45, 2.75) is 51.1 Å². The normalized spacial score (nSPS) is 18.1. The first-order chi connectivity index (χ1) is 9.61. The summed E-state index contributed by atoms with van der Waals surface area (Å²) in [5.74, 6) is 0.479. The lowest BCUT2D eigenvalue weighted by Gasteiger charge is -2.35. The molecule has 0 aliphatic heterocycles. The lowest BCUT2D eigenvalue weighted by Crippen LogP contribution is -2.45. The van der Waals surface area contributed by atoms with Gasteiger partial charge in [-0.2, -0.15) is 0 Å². The van der Waals surface area contributed by atoms with Crippen LogP contribution in [0.3, 0.4) is 0 Å². The molecule has 20 heavy (non-hydrogen) atoms. The fourth-order valence-corrected chi connectivity index (χ4v) is 2.75. The third kappa shape index (κ3) is 3.74. The largest absolute Gasteiger partial charge is 0.348 e. The van der Waals surface area contributed by atoms with E-state index in [1.165, 1.54) is 6.42 Å². The molecule has 1 saturated carbocycles. The molecule has 0 heterocycles. The van der Waals surface area contributed by atoms with Crippen molar-refractivity contribution in [2.24, 2.45) is 11.7 Å². The second-order valence-electron chi connectivity index (χ2n) is 5.62. The van der Waals surface area contributed by atoms with Gasteiger partial charge in [0, 0.05) is 5.02 Å². The van der Waals surface area contributed by atoms with Crippen LogP contribution in [-0.4, -0.2) is 11.9 Å². The van der Waals surface area contributed by atoms with Gasteiger partial charge < -0.3 is 11.1 Å². The van der Waals surface area contributed by atoms with Gasteiger partial charge in [-0.1, -0.05) is 43.5 Å². The van der Waals surface area contributed by atoms with E-state index in [0.717, 1.165) is 36.3 Å². The highest BCUT2D eigenvalue weighted by Gasteiger charge is 2.30. The minimum absolute atomic E-state index is 0.0429. The highest BCUT2D eigenvalue weighted by molar-refractivity contribution is 6.30. The van der Waals surface area contributed by atoms with Crippen LogP contribution in [0.25, 0.3) is 0 Å². The molecule has 1 aliphatic carbocycles. The van der Waals surface area contributed by atoms with Crippen LogP contribution in [0.5, 0.6) is 0 Å². The summed E-state index contributed by atoms with van der Waals surface area (Å²) in [4.78, 5) is 12.2. The van der Waals surface area contributed by atoms with Crippen molar-refractivity contribution in [3.05, 3.63) is 34.9 Å². The Labute approximate surface area is 125 Å². The highest BCUT2D eigenvalue weighted by Crippen LogP contribution is 2.38. The Morgan fingerprint density at radius 2 is 2.05 bits per heavy atom. The molecule has 1 aromatic carbocycles. The maximum atomic E-state index is 12.2. The molecule has 2 atom stereocenters. The van der Waals surface area contributed by atoms with Gasteiger partial charge in [0.15, 0.2) is 0 Å². The third-order valence-electron chi connectivity index (χ3n) is 4.08. The summed E-state index contributed by atoms with van der Waals surface area (Å²) in [5, 5.41) is 3.85. The molecule has 2 unspecified atom stereocenters. The van der Waals surface area contributed by atoms with E-state index in [4.69, 9.17) is 17.3 Å². The second-order valence-corrected chi connectivity index (χ2v) is 6.06. The zero-order valence-corrected chi connectivity index (χ0v) is 12.7. The Balaban J connectivity index is 2.08. The molecule has 1 fully saturated rings. The number of hydrogen-bond donors (Lipinski definition) is 2. The van der Waals surface area contributed by atoms with Crippen LogP contribution < -0.4 is 11.1 Å². The summed E-state index contributed by atoms with van der Waals surface area (Å²) in [5.41, 5.74) is 7.03. The molecule has 1 amide bonds. The fraction of sp³-hybridized carbons (Fsp3) is 0.562. The lowest BCUT2D eigenvalue weighted by molar-refractivity contribution is -0.123. The van der Waals surface area contributed by atoms with Crippen LogP contribution >= 0.6 is 11.6 Å². The van der Waals surface area contributed by atoms with Gasteiger partial charge in [-0.15, -0.1) is 0 Å². The number of nitrogens with one attached hydrogen (secondary N) is 1. The van der Waals surface area contributed by atoms with Crippen LogP contribution in [0.15, 0.2) is 24.3 Å². The van der Waals surface area contributed by atoms with E-state index < -0.39 is 6.04 Å². The first-order valence-corrected chi connectivity index (χ1v) is 7.81. The maximum absolute atomic E-state index is 12.2. The zero-order valence-electron chi connectivity index (χ0n) is 11.9. The van der Waals surface area contributed by atoms with E-state index in [-0.39, 0.29) is 11.9 Å². The van der Waals surface area contributed by atoms with Gasteiger partial charge in [-0.3, -0.25) is 4.79 Å². The molecule has 3 N–H and O–H groups in total. The molecule has 2 rings (SSSR count). The van der Waals surface area contributed by atoms with Crippen molar-refractivity contribution >= 4 is 17.5 Å². The Bertz CT molecular complexity index is 442. The number of nitrogens with two attached hydrogens (primary N) is 1. The number of carbonyl (C=O) groups is 1. The van der Waals surface area contributed by atoms with Crippen LogP contribution in [0.1, 0.15) is 50.6 Å². The summed E-state index contributed by atoms with van der Waals surface area (Å²) < 4.78 is 0. The quantitative estimate of drug-likeness (QED) is 0.844. The van der Waals surface area contributed by atoms with E-state index >= 15 is 0 Å². The van der Waals surface area contributed by atoms with Gasteiger partial charge >= 0.3 is 0 Å². The number of halogens is 1. The number of amides is 1. The zero-order chi connectivity index (χ0) is 14.5. The fourth-order valence-electron chi connectivity index (χ4n) is 2.62. The molecule has 0 radical (unpaired) electrons. The molecule has 1 aliphatic rings. The number of benzene rings is 1. The topological polar surface area (TPSA) is 55.1 Å². The summed E-state index contributed by atoms with van der Waals surface area (Å²) in [6, 6.07) is 7.40. The summed E-state index contributed by atoms with van der Waals surface area (Å²) in [6.07, 6.45) is 5.21. The summed E-state index contributed by atoms with van der Waals surface area (Å²) in [6.45, 7) is 2.04. The molecule has 3 nitrogen and oxygen atoms in total. The number of rotatable bonds is 6. The molecule has 0 aromatic heterocycles. The van der Waals surface area contributed by atoms with Gasteiger partial charge in [0.05, 0.1) is 12.1 Å². The predicted molar refractivity (Wildman–Crippen MR) is 82.6 cm³/mol. The van der Waals surface area contributed by atoms with Crippen LogP contribution in [-0.2, 0) is 4.79 Å². The molecule has 0 bridgehead atoms. The molecular formula is C16H23ClN2O. The van der Waals surface area contributed by atoms with Gasteiger partial charge in [-0.25, -0.2) is 0 Å². The standard InChI is InChI=1S/C16H23ClN2O/c1-2-4-14(18)16(20)19-15(11-5-3-6-11)12-7-9-13(17)10-8-12/h7-11,14-15H,2-6,18H2,1H3,(H,19,20). The Hall–Kier alpha value is -1.06. The SMILES string of the molecule is CCCC(N)C(=O)NC(c1ccc(Cl)cc1)C1CCC1. The van der Waals surface area contributed by atoms with Crippen molar-refractivity contribution in [3.63, 3.8) is 0 Å². The average Bonchev–Trinajstić information content (AvgIpc) is 2.37. The summed E-state index contributed by atoms with van der Waals surface area (Å²) in [7, 11) is 0. The van der Waals surface area contributed by atoms with E-state index in [1.807, 2.05) is 31.2 Å².